The summed E-state index contributed by atoms with van der Waals surface area (Å²) in [5.41, 5.74) is 5.74. The molecule has 1 aromatic rings. The van der Waals surface area contributed by atoms with Gasteiger partial charge in [0.15, 0.2) is 5.82 Å². The standard InChI is InChI=1S/C9H18N4O2/c1-13(2)5-4-8-11-9(15-12-8)7(10)6-14-3/h7H,4-6,10H2,1-3H3. The number of rotatable bonds is 6. The van der Waals surface area contributed by atoms with Crippen molar-refractivity contribution in [1.82, 2.24) is 15.0 Å². The number of ether oxygens (including phenoxy) is 1. The molecule has 0 fully saturated rings. The van der Waals surface area contributed by atoms with Gasteiger partial charge in [-0.25, -0.2) is 0 Å². The SMILES string of the molecule is COCC(N)c1nc(CCN(C)C)no1. The lowest BCUT2D eigenvalue weighted by Gasteiger charge is -2.05. The summed E-state index contributed by atoms with van der Waals surface area (Å²) in [7, 11) is 5.58. The lowest BCUT2D eigenvalue weighted by molar-refractivity contribution is 0.166. The van der Waals surface area contributed by atoms with Crippen LogP contribution in [0.25, 0.3) is 0 Å². The number of nitrogens with two attached hydrogens (primary N) is 1. The van der Waals surface area contributed by atoms with Crippen LogP contribution in [0.2, 0.25) is 0 Å². The first kappa shape index (κ1) is 12.1. The Morgan fingerprint density at radius 1 is 1.53 bits per heavy atom. The largest absolute Gasteiger partial charge is 0.383 e. The second kappa shape index (κ2) is 5.79. The summed E-state index contributed by atoms with van der Waals surface area (Å²) in [6.07, 6.45) is 0.760. The number of hydrogen-bond donors (Lipinski definition) is 1. The molecule has 6 nitrogen and oxygen atoms in total. The van der Waals surface area contributed by atoms with Gasteiger partial charge in [0.25, 0.3) is 0 Å². The van der Waals surface area contributed by atoms with Gasteiger partial charge < -0.3 is 19.9 Å². The van der Waals surface area contributed by atoms with Crippen LogP contribution in [0, 0.1) is 0 Å². The predicted octanol–water partition coefficient (Wildman–Crippen LogP) is -0.180. The molecule has 1 heterocycles. The van der Waals surface area contributed by atoms with Crippen LogP contribution >= 0.6 is 0 Å². The highest BCUT2D eigenvalue weighted by atomic mass is 16.5. The summed E-state index contributed by atoms with van der Waals surface area (Å²) in [6.45, 7) is 1.27. The summed E-state index contributed by atoms with van der Waals surface area (Å²) in [4.78, 5) is 6.25. The molecular formula is C9H18N4O2. The van der Waals surface area contributed by atoms with Crippen molar-refractivity contribution in [2.24, 2.45) is 5.73 Å². The first-order valence-corrected chi connectivity index (χ1v) is 4.85. The third-order valence-corrected chi connectivity index (χ3v) is 1.93. The Bertz CT molecular complexity index is 287. The zero-order valence-electron chi connectivity index (χ0n) is 9.43. The molecule has 0 amide bonds. The second-order valence-electron chi connectivity index (χ2n) is 3.66. The van der Waals surface area contributed by atoms with E-state index in [0.717, 1.165) is 13.0 Å². The summed E-state index contributed by atoms with van der Waals surface area (Å²) in [5, 5.41) is 3.84. The summed E-state index contributed by atoms with van der Waals surface area (Å²) >= 11 is 0. The first-order chi connectivity index (χ1) is 7.13. The highest BCUT2D eigenvalue weighted by molar-refractivity contribution is 4.92. The number of nitrogens with zero attached hydrogens (tertiary/aromatic N) is 3. The van der Waals surface area contributed by atoms with Crippen molar-refractivity contribution in [3.05, 3.63) is 11.7 Å². The van der Waals surface area contributed by atoms with Gasteiger partial charge in [0.1, 0.15) is 6.04 Å². The molecule has 0 aromatic carbocycles. The van der Waals surface area contributed by atoms with E-state index in [1.165, 1.54) is 0 Å². The van der Waals surface area contributed by atoms with Gasteiger partial charge in [-0.2, -0.15) is 4.98 Å². The molecule has 0 aliphatic rings. The van der Waals surface area contributed by atoms with Gasteiger partial charge in [-0.1, -0.05) is 5.16 Å². The Balaban J connectivity index is 2.48. The minimum Gasteiger partial charge on any atom is -0.383 e. The van der Waals surface area contributed by atoms with E-state index >= 15 is 0 Å². The van der Waals surface area contributed by atoms with Crippen LogP contribution in [0.5, 0.6) is 0 Å². The molecule has 1 unspecified atom stereocenters. The van der Waals surface area contributed by atoms with Crippen LogP contribution in [0.15, 0.2) is 4.52 Å². The molecule has 1 atom stereocenters. The fourth-order valence-electron chi connectivity index (χ4n) is 1.09. The fourth-order valence-corrected chi connectivity index (χ4v) is 1.09. The Kier molecular flexibility index (Phi) is 4.67. The predicted molar refractivity (Wildman–Crippen MR) is 55.4 cm³/mol. The molecular weight excluding hydrogens is 196 g/mol. The molecule has 1 aromatic heterocycles. The van der Waals surface area contributed by atoms with Crippen LogP contribution in [0.1, 0.15) is 17.8 Å². The van der Waals surface area contributed by atoms with Crippen molar-refractivity contribution in [2.45, 2.75) is 12.5 Å². The van der Waals surface area contributed by atoms with E-state index < -0.39 is 0 Å². The van der Waals surface area contributed by atoms with Crippen molar-refractivity contribution in [2.75, 3.05) is 34.4 Å². The fraction of sp³-hybridized carbons (Fsp3) is 0.778. The van der Waals surface area contributed by atoms with E-state index in [1.807, 2.05) is 14.1 Å². The Labute approximate surface area is 89.4 Å². The van der Waals surface area contributed by atoms with Crippen LogP contribution in [-0.4, -0.2) is 49.4 Å². The Morgan fingerprint density at radius 2 is 2.27 bits per heavy atom. The summed E-state index contributed by atoms with van der Waals surface area (Å²) in [6, 6.07) is -0.337. The quantitative estimate of drug-likeness (QED) is 0.708. The highest BCUT2D eigenvalue weighted by Gasteiger charge is 2.14. The third-order valence-electron chi connectivity index (χ3n) is 1.93. The van der Waals surface area contributed by atoms with Crippen molar-refractivity contribution < 1.29 is 9.26 Å². The lowest BCUT2D eigenvalue weighted by Crippen LogP contribution is -2.17. The van der Waals surface area contributed by atoms with Crippen molar-refractivity contribution >= 4 is 0 Å². The number of hydrogen-bond acceptors (Lipinski definition) is 6. The third kappa shape index (κ3) is 3.94. The molecule has 1 rings (SSSR count). The molecule has 0 aliphatic carbocycles. The number of aromatic nitrogens is 2. The monoisotopic (exact) mass is 214 g/mol. The van der Waals surface area contributed by atoms with Gasteiger partial charge in [0.2, 0.25) is 5.89 Å². The zero-order valence-corrected chi connectivity index (χ0v) is 9.43. The van der Waals surface area contributed by atoms with Gasteiger partial charge in [-0.3, -0.25) is 0 Å². The van der Waals surface area contributed by atoms with E-state index in [1.54, 1.807) is 7.11 Å². The zero-order chi connectivity index (χ0) is 11.3. The number of likely N-dealkylation sites (N-methyl/N-ethyl adjacent to an activating group) is 1. The topological polar surface area (TPSA) is 77.4 Å². The average molecular weight is 214 g/mol. The molecule has 0 saturated heterocycles. The van der Waals surface area contributed by atoms with Gasteiger partial charge in [-0.05, 0) is 14.1 Å². The summed E-state index contributed by atoms with van der Waals surface area (Å²) < 4.78 is 9.93. The van der Waals surface area contributed by atoms with E-state index in [-0.39, 0.29) is 6.04 Å². The van der Waals surface area contributed by atoms with Crippen molar-refractivity contribution in [3.63, 3.8) is 0 Å². The van der Waals surface area contributed by atoms with E-state index in [2.05, 4.69) is 15.0 Å². The molecule has 0 saturated carbocycles. The van der Waals surface area contributed by atoms with Gasteiger partial charge in [0, 0.05) is 20.1 Å². The van der Waals surface area contributed by atoms with E-state index in [9.17, 15) is 0 Å². The first-order valence-electron chi connectivity index (χ1n) is 4.85. The smallest absolute Gasteiger partial charge is 0.245 e. The maximum atomic E-state index is 5.74. The average Bonchev–Trinajstić information content (AvgIpc) is 2.63. The molecule has 15 heavy (non-hydrogen) atoms. The van der Waals surface area contributed by atoms with Crippen LogP contribution in [0.3, 0.4) is 0 Å². The molecule has 86 valence electrons. The number of methoxy groups -OCH3 is 1. The second-order valence-corrected chi connectivity index (χ2v) is 3.66. The highest BCUT2D eigenvalue weighted by Crippen LogP contribution is 2.07. The van der Waals surface area contributed by atoms with E-state index in [4.69, 9.17) is 15.0 Å². The molecule has 0 aliphatic heterocycles. The van der Waals surface area contributed by atoms with Gasteiger partial charge in [-0.15, -0.1) is 0 Å². The minimum absolute atomic E-state index is 0.337. The minimum atomic E-state index is -0.337. The molecule has 0 spiro atoms. The van der Waals surface area contributed by atoms with Crippen LogP contribution < -0.4 is 5.73 Å². The maximum absolute atomic E-state index is 5.74. The normalized spacial score (nSPS) is 13.4. The van der Waals surface area contributed by atoms with E-state index in [0.29, 0.717) is 18.3 Å². The van der Waals surface area contributed by atoms with Crippen LogP contribution in [-0.2, 0) is 11.2 Å². The summed E-state index contributed by atoms with van der Waals surface area (Å²) in [5.74, 6) is 1.12. The van der Waals surface area contributed by atoms with Crippen molar-refractivity contribution in [3.8, 4) is 0 Å². The molecule has 0 bridgehead atoms. The van der Waals surface area contributed by atoms with Gasteiger partial charge in [0.05, 0.1) is 6.61 Å². The maximum Gasteiger partial charge on any atom is 0.245 e. The molecule has 6 heteroatoms. The Hall–Kier alpha value is -0.980. The van der Waals surface area contributed by atoms with Crippen molar-refractivity contribution in [1.29, 1.82) is 0 Å². The molecule has 0 radical (unpaired) electrons. The van der Waals surface area contributed by atoms with Gasteiger partial charge >= 0.3 is 0 Å². The lowest BCUT2D eigenvalue weighted by atomic mass is 10.3. The van der Waals surface area contributed by atoms with Crippen LogP contribution in [0.4, 0.5) is 0 Å². The molecule has 2 N–H and O–H groups in total. The Morgan fingerprint density at radius 3 is 2.87 bits per heavy atom.